The van der Waals surface area contributed by atoms with Crippen molar-refractivity contribution in [2.45, 2.75) is 19.3 Å². The molecule has 7 nitrogen and oxygen atoms in total. The third-order valence-corrected chi connectivity index (χ3v) is 2.51. The number of amides is 3. The summed E-state index contributed by atoms with van der Waals surface area (Å²) in [5.74, 6) is -1.80. The fourth-order valence-corrected chi connectivity index (χ4v) is 1.47. The molecule has 0 spiro atoms. The van der Waals surface area contributed by atoms with Crippen LogP contribution in [0.5, 0.6) is 0 Å². The zero-order chi connectivity index (χ0) is 15.7. The predicted octanol–water partition coefficient (Wildman–Crippen LogP) is 0.556. The van der Waals surface area contributed by atoms with E-state index in [0.29, 0.717) is 12.1 Å². The van der Waals surface area contributed by atoms with Crippen molar-refractivity contribution in [3.63, 3.8) is 0 Å². The van der Waals surface area contributed by atoms with E-state index in [1.54, 1.807) is 0 Å². The summed E-state index contributed by atoms with van der Waals surface area (Å²) < 4.78 is 12.7. The number of carbonyl (C=O) groups excluding carboxylic acids is 3. The molecule has 0 atom stereocenters. The van der Waals surface area contributed by atoms with Gasteiger partial charge in [-0.05, 0) is 30.7 Å². The second kappa shape index (κ2) is 8.64. The van der Waals surface area contributed by atoms with Crippen LogP contribution in [0.4, 0.5) is 10.1 Å². The van der Waals surface area contributed by atoms with E-state index in [-0.39, 0.29) is 25.3 Å². The van der Waals surface area contributed by atoms with E-state index in [0.717, 1.165) is 0 Å². The van der Waals surface area contributed by atoms with Crippen molar-refractivity contribution in [3.8, 4) is 0 Å². The highest BCUT2D eigenvalue weighted by molar-refractivity contribution is 5.91. The Kier molecular flexibility index (Phi) is 6.82. The van der Waals surface area contributed by atoms with Crippen molar-refractivity contribution in [1.82, 2.24) is 10.8 Å². The van der Waals surface area contributed by atoms with Crippen LogP contribution in [0.2, 0.25) is 0 Å². The molecular formula is C13H16FN3O4. The summed E-state index contributed by atoms with van der Waals surface area (Å²) in [6.07, 6.45) is 0.506. The van der Waals surface area contributed by atoms with E-state index >= 15 is 0 Å². The van der Waals surface area contributed by atoms with Crippen LogP contribution >= 0.6 is 0 Å². The molecule has 0 aromatic heterocycles. The van der Waals surface area contributed by atoms with Crippen LogP contribution in [0, 0.1) is 5.82 Å². The molecule has 0 bridgehead atoms. The molecule has 1 rings (SSSR count). The van der Waals surface area contributed by atoms with Gasteiger partial charge in [0.25, 0.3) is 5.91 Å². The van der Waals surface area contributed by atoms with Gasteiger partial charge in [0.1, 0.15) is 5.82 Å². The standard InChI is InChI=1S/C13H16FN3O4/c14-9-4-6-10(7-5-9)16-12(19)3-1-2-11(18)15-8-13(20)17-21/h4-7,21H,1-3,8H2,(H,15,18)(H,16,19)(H,17,20). The fraction of sp³-hybridized carbons (Fsp3) is 0.308. The molecule has 0 aliphatic rings. The quantitative estimate of drug-likeness (QED) is 0.435. The van der Waals surface area contributed by atoms with Crippen molar-refractivity contribution in [2.24, 2.45) is 0 Å². The van der Waals surface area contributed by atoms with Crippen LogP contribution in [0.25, 0.3) is 0 Å². The lowest BCUT2D eigenvalue weighted by molar-refractivity contribution is -0.131. The molecule has 0 aliphatic heterocycles. The van der Waals surface area contributed by atoms with Gasteiger partial charge in [0.15, 0.2) is 0 Å². The number of hydrogen-bond acceptors (Lipinski definition) is 4. The van der Waals surface area contributed by atoms with Crippen molar-refractivity contribution in [2.75, 3.05) is 11.9 Å². The van der Waals surface area contributed by atoms with E-state index in [2.05, 4.69) is 10.6 Å². The lowest BCUT2D eigenvalue weighted by atomic mass is 10.2. The molecule has 114 valence electrons. The first kappa shape index (κ1) is 16.6. The van der Waals surface area contributed by atoms with Crippen LogP contribution < -0.4 is 16.1 Å². The Morgan fingerprint density at radius 2 is 1.62 bits per heavy atom. The van der Waals surface area contributed by atoms with Gasteiger partial charge in [0.05, 0.1) is 6.54 Å². The molecule has 0 saturated heterocycles. The van der Waals surface area contributed by atoms with Crippen molar-refractivity contribution < 1.29 is 24.0 Å². The highest BCUT2D eigenvalue weighted by Crippen LogP contribution is 2.09. The topological polar surface area (TPSA) is 108 Å². The number of rotatable bonds is 7. The SMILES string of the molecule is O=C(CNC(=O)CCCC(=O)Nc1ccc(F)cc1)NO. The number of carbonyl (C=O) groups is 3. The van der Waals surface area contributed by atoms with Crippen LogP contribution in [-0.2, 0) is 14.4 Å². The maximum absolute atomic E-state index is 12.7. The highest BCUT2D eigenvalue weighted by Gasteiger charge is 2.07. The molecule has 0 unspecified atom stereocenters. The van der Waals surface area contributed by atoms with Gasteiger partial charge in [-0.25, -0.2) is 9.87 Å². The normalized spacial score (nSPS) is 9.81. The second-order valence-corrected chi connectivity index (χ2v) is 4.22. The molecule has 3 amide bonds. The molecule has 0 aliphatic carbocycles. The molecule has 0 radical (unpaired) electrons. The van der Waals surface area contributed by atoms with Gasteiger partial charge < -0.3 is 10.6 Å². The zero-order valence-electron chi connectivity index (χ0n) is 11.2. The molecule has 8 heteroatoms. The first-order chi connectivity index (χ1) is 10.0. The van der Waals surface area contributed by atoms with Gasteiger partial charge in [0.2, 0.25) is 11.8 Å². The minimum Gasteiger partial charge on any atom is -0.347 e. The van der Waals surface area contributed by atoms with E-state index in [9.17, 15) is 18.8 Å². The Morgan fingerprint density at radius 3 is 2.24 bits per heavy atom. The maximum Gasteiger partial charge on any atom is 0.262 e. The summed E-state index contributed by atoms with van der Waals surface area (Å²) in [6, 6.07) is 5.34. The van der Waals surface area contributed by atoms with Crippen molar-refractivity contribution in [1.29, 1.82) is 0 Å². The van der Waals surface area contributed by atoms with Crippen LogP contribution in [-0.4, -0.2) is 29.5 Å². The fourth-order valence-electron chi connectivity index (χ4n) is 1.47. The Labute approximate surface area is 120 Å². The third kappa shape index (κ3) is 7.02. The second-order valence-electron chi connectivity index (χ2n) is 4.22. The summed E-state index contributed by atoms with van der Waals surface area (Å²) in [5, 5.41) is 13.1. The van der Waals surface area contributed by atoms with Gasteiger partial charge in [-0.2, -0.15) is 0 Å². The minimum atomic E-state index is -0.725. The minimum absolute atomic E-state index is 0.0789. The first-order valence-corrected chi connectivity index (χ1v) is 6.26. The number of hydroxylamine groups is 1. The first-order valence-electron chi connectivity index (χ1n) is 6.26. The Balaban J connectivity index is 2.20. The van der Waals surface area contributed by atoms with E-state index < -0.39 is 17.6 Å². The lowest BCUT2D eigenvalue weighted by Gasteiger charge is -2.05. The molecule has 0 fully saturated rings. The number of halogens is 1. The molecule has 21 heavy (non-hydrogen) atoms. The summed E-state index contributed by atoms with van der Waals surface area (Å²) in [7, 11) is 0. The monoisotopic (exact) mass is 297 g/mol. The van der Waals surface area contributed by atoms with E-state index in [1.165, 1.54) is 29.7 Å². The maximum atomic E-state index is 12.7. The van der Waals surface area contributed by atoms with Crippen molar-refractivity contribution >= 4 is 23.4 Å². The predicted molar refractivity (Wildman–Crippen MR) is 71.8 cm³/mol. The highest BCUT2D eigenvalue weighted by atomic mass is 19.1. The Hall–Kier alpha value is -2.48. The smallest absolute Gasteiger partial charge is 0.262 e. The van der Waals surface area contributed by atoms with Gasteiger partial charge in [-0.3, -0.25) is 19.6 Å². The molecule has 0 saturated carbocycles. The average molecular weight is 297 g/mol. The lowest BCUT2D eigenvalue weighted by Crippen LogP contribution is -2.35. The Bertz CT molecular complexity index is 505. The van der Waals surface area contributed by atoms with Crippen LogP contribution in [0.3, 0.4) is 0 Å². The number of nitrogens with one attached hydrogen (secondary N) is 3. The number of anilines is 1. The largest absolute Gasteiger partial charge is 0.347 e. The zero-order valence-corrected chi connectivity index (χ0v) is 11.2. The summed E-state index contributed by atoms with van der Waals surface area (Å²) in [5.41, 5.74) is 1.86. The molecule has 1 aromatic rings. The third-order valence-electron chi connectivity index (χ3n) is 2.51. The van der Waals surface area contributed by atoms with Gasteiger partial charge in [0, 0.05) is 18.5 Å². The van der Waals surface area contributed by atoms with Gasteiger partial charge in [-0.15, -0.1) is 0 Å². The summed E-state index contributed by atoms with van der Waals surface area (Å²) in [6.45, 7) is -0.322. The summed E-state index contributed by atoms with van der Waals surface area (Å²) in [4.78, 5) is 33.5. The van der Waals surface area contributed by atoms with Crippen LogP contribution in [0.15, 0.2) is 24.3 Å². The molecule has 1 aromatic carbocycles. The summed E-state index contributed by atoms with van der Waals surface area (Å²) >= 11 is 0. The number of benzene rings is 1. The average Bonchev–Trinajstić information content (AvgIpc) is 2.47. The van der Waals surface area contributed by atoms with Crippen LogP contribution in [0.1, 0.15) is 19.3 Å². The van der Waals surface area contributed by atoms with Gasteiger partial charge in [-0.1, -0.05) is 0 Å². The van der Waals surface area contributed by atoms with E-state index in [4.69, 9.17) is 5.21 Å². The number of hydrogen-bond donors (Lipinski definition) is 4. The van der Waals surface area contributed by atoms with E-state index in [1.807, 2.05) is 0 Å². The Morgan fingerprint density at radius 1 is 1.00 bits per heavy atom. The van der Waals surface area contributed by atoms with Crippen molar-refractivity contribution in [3.05, 3.63) is 30.1 Å². The molecule has 4 N–H and O–H groups in total. The molecular weight excluding hydrogens is 281 g/mol. The van der Waals surface area contributed by atoms with Gasteiger partial charge >= 0.3 is 0 Å². The molecule has 0 heterocycles.